The van der Waals surface area contributed by atoms with E-state index in [-0.39, 0.29) is 12.0 Å². The molecule has 1 heterocycles. The zero-order chi connectivity index (χ0) is 13.4. The van der Waals surface area contributed by atoms with Gasteiger partial charge < -0.3 is 5.11 Å². The number of aliphatic hydroxyl groups excluding tert-OH is 1. The van der Waals surface area contributed by atoms with E-state index in [1.807, 2.05) is 35.9 Å². The third kappa shape index (κ3) is 2.10. The Morgan fingerprint density at radius 2 is 1.89 bits per heavy atom. The minimum Gasteiger partial charge on any atom is -0.389 e. The van der Waals surface area contributed by atoms with Crippen molar-refractivity contribution in [2.24, 2.45) is 0 Å². The second-order valence-electron chi connectivity index (χ2n) is 5.13. The topological polar surface area (TPSA) is 38.0 Å². The number of hydrogen-bond acceptors (Lipinski definition) is 2. The highest BCUT2D eigenvalue weighted by atomic mass is 16.3. The number of aryl methyl sites for hydroxylation is 1. The van der Waals surface area contributed by atoms with E-state index in [1.165, 1.54) is 5.56 Å². The van der Waals surface area contributed by atoms with Gasteiger partial charge in [0.25, 0.3) is 0 Å². The summed E-state index contributed by atoms with van der Waals surface area (Å²) in [5.41, 5.74) is 4.53. The molecule has 3 heteroatoms. The molecular weight excluding hydrogens is 236 g/mol. The van der Waals surface area contributed by atoms with Crippen molar-refractivity contribution in [3.8, 4) is 5.69 Å². The zero-order valence-corrected chi connectivity index (χ0v) is 11.2. The SMILES string of the molecule is Cc1nn(-c2ccccc2)c(C)c1[C@H]1C=C[C@@H](O)C1. The van der Waals surface area contributed by atoms with Crippen LogP contribution in [0, 0.1) is 13.8 Å². The van der Waals surface area contributed by atoms with Crippen molar-refractivity contribution < 1.29 is 5.11 Å². The highest BCUT2D eigenvalue weighted by molar-refractivity contribution is 5.40. The Bertz CT molecular complexity index is 613. The number of allylic oxidation sites excluding steroid dienone is 1. The van der Waals surface area contributed by atoms with Gasteiger partial charge in [-0.05, 0) is 32.4 Å². The molecule has 3 nitrogen and oxygen atoms in total. The average molecular weight is 254 g/mol. The van der Waals surface area contributed by atoms with Gasteiger partial charge in [-0.15, -0.1) is 0 Å². The Morgan fingerprint density at radius 3 is 2.53 bits per heavy atom. The van der Waals surface area contributed by atoms with E-state index in [0.29, 0.717) is 0 Å². The number of hydrogen-bond donors (Lipinski definition) is 1. The fourth-order valence-electron chi connectivity index (χ4n) is 2.91. The van der Waals surface area contributed by atoms with E-state index in [4.69, 9.17) is 0 Å². The number of nitrogens with zero attached hydrogens (tertiary/aromatic N) is 2. The molecule has 2 aromatic rings. The van der Waals surface area contributed by atoms with Crippen LogP contribution in [0.1, 0.15) is 29.3 Å². The maximum absolute atomic E-state index is 9.65. The first-order valence-corrected chi connectivity index (χ1v) is 6.64. The molecule has 1 aliphatic rings. The van der Waals surface area contributed by atoms with Crippen molar-refractivity contribution in [3.05, 3.63) is 59.4 Å². The average Bonchev–Trinajstić information content (AvgIpc) is 2.95. The van der Waals surface area contributed by atoms with Gasteiger partial charge in [-0.25, -0.2) is 4.68 Å². The van der Waals surface area contributed by atoms with Gasteiger partial charge in [0.05, 0.1) is 17.5 Å². The predicted octanol–water partition coefficient (Wildman–Crippen LogP) is 2.89. The summed E-state index contributed by atoms with van der Waals surface area (Å²) in [6.45, 7) is 4.14. The first-order chi connectivity index (χ1) is 9.16. The van der Waals surface area contributed by atoms with Gasteiger partial charge >= 0.3 is 0 Å². The van der Waals surface area contributed by atoms with Crippen LogP contribution in [0.3, 0.4) is 0 Å². The Labute approximate surface area is 113 Å². The van der Waals surface area contributed by atoms with Crippen LogP contribution in [-0.2, 0) is 0 Å². The monoisotopic (exact) mass is 254 g/mol. The standard InChI is InChI=1S/C16H18N2O/c1-11-16(13-8-9-15(19)10-13)12(2)18(17-11)14-6-4-3-5-7-14/h3-9,13,15,19H,10H2,1-2H3/t13-,15+/m0/s1. The first kappa shape index (κ1) is 12.2. The van der Waals surface area contributed by atoms with Crippen molar-refractivity contribution in [1.29, 1.82) is 0 Å². The third-order valence-corrected chi connectivity index (χ3v) is 3.78. The lowest BCUT2D eigenvalue weighted by Gasteiger charge is -2.10. The van der Waals surface area contributed by atoms with E-state index in [1.54, 1.807) is 0 Å². The summed E-state index contributed by atoms with van der Waals surface area (Å²) in [5, 5.41) is 14.3. The van der Waals surface area contributed by atoms with Crippen LogP contribution in [-0.4, -0.2) is 21.0 Å². The van der Waals surface area contributed by atoms with Gasteiger partial charge in [0.1, 0.15) is 0 Å². The summed E-state index contributed by atoms with van der Waals surface area (Å²) in [5.74, 6) is 0.285. The van der Waals surface area contributed by atoms with Gasteiger partial charge in [-0.3, -0.25) is 0 Å². The molecule has 0 radical (unpaired) electrons. The molecule has 1 N–H and O–H groups in total. The second kappa shape index (κ2) is 4.67. The quantitative estimate of drug-likeness (QED) is 0.837. The van der Waals surface area contributed by atoms with Crippen LogP contribution in [0.2, 0.25) is 0 Å². The summed E-state index contributed by atoms with van der Waals surface area (Å²) in [4.78, 5) is 0. The van der Waals surface area contributed by atoms with E-state index in [9.17, 15) is 5.11 Å². The Kier molecular flexibility index (Phi) is 2.99. The molecule has 0 saturated heterocycles. The predicted molar refractivity (Wildman–Crippen MR) is 75.5 cm³/mol. The summed E-state index contributed by atoms with van der Waals surface area (Å²) in [7, 11) is 0. The molecule has 1 aliphatic carbocycles. The molecule has 0 saturated carbocycles. The van der Waals surface area contributed by atoms with Crippen molar-refractivity contribution >= 4 is 0 Å². The van der Waals surface area contributed by atoms with Crippen LogP contribution in [0.25, 0.3) is 5.69 Å². The molecule has 1 aromatic carbocycles. The smallest absolute Gasteiger partial charge is 0.0730 e. The molecule has 3 rings (SSSR count). The molecule has 2 atom stereocenters. The highest BCUT2D eigenvalue weighted by Gasteiger charge is 2.24. The molecule has 0 aliphatic heterocycles. The van der Waals surface area contributed by atoms with Crippen LogP contribution < -0.4 is 0 Å². The molecular formula is C16H18N2O. The Morgan fingerprint density at radius 1 is 1.16 bits per heavy atom. The largest absolute Gasteiger partial charge is 0.389 e. The molecule has 0 spiro atoms. The maximum atomic E-state index is 9.65. The fraction of sp³-hybridized carbons (Fsp3) is 0.312. The zero-order valence-electron chi connectivity index (χ0n) is 11.2. The normalized spacial score (nSPS) is 22.1. The van der Waals surface area contributed by atoms with Crippen molar-refractivity contribution in [2.75, 3.05) is 0 Å². The number of benzene rings is 1. The summed E-state index contributed by atoms with van der Waals surface area (Å²) >= 11 is 0. The fourth-order valence-corrected chi connectivity index (χ4v) is 2.91. The van der Waals surface area contributed by atoms with Crippen LogP contribution in [0.15, 0.2) is 42.5 Å². The third-order valence-electron chi connectivity index (χ3n) is 3.78. The maximum Gasteiger partial charge on any atom is 0.0730 e. The molecule has 98 valence electrons. The lowest BCUT2D eigenvalue weighted by Crippen LogP contribution is -2.03. The van der Waals surface area contributed by atoms with E-state index in [2.05, 4.69) is 30.2 Å². The molecule has 0 unspecified atom stereocenters. The number of aliphatic hydroxyl groups is 1. The summed E-state index contributed by atoms with van der Waals surface area (Å²) in [6, 6.07) is 10.2. The summed E-state index contributed by atoms with van der Waals surface area (Å²) in [6.07, 6.45) is 4.42. The van der Waals surface area contributed by atoms with Crippen molar-refractivity contribution in [1.82, 2.24) is 9.78 Å². The van der Waals surface area contributed by atoms with Gasteiger partial charge in [-0.1, -0.05) is 30.4 Å². The molecule has 1 aromatic heterocycles. The second-order valence-corrected chi connectivity index (χ2v) is 5.13. The lowest BCUT2D eigenvalue weighted by atomic mass is 9.96. The molecule has 0 bridgehead atoms. The lowest BCUT2D eigenvalue weighted by molar-refractivity contribution is 0.218. The van der Waals surface area contributed by atoms with E-state index < -0.39 is 0 Å². The Hall–Kier alpha value is -1.87. The molecule has 19 heavy (non-hydrogen) atoms. The van der Waals surface area contributed by atoms with Gasteiger partial charge in [0.2, 0.25) is 0 Å². The van der Waals surface area contributed by atoms with Gasteiger partial charge in [0.15, 0.2) is 0 Å². The van der Waals surface area contributed by atoms with E-state index >= 15 is 0 Å². The number of para-hydroxylation sites is 1. The number of rotatable bonds is 2. The van der Waals surface area contributed by atoms with Crippen molar-refractivity contribution in [3.63, 3.8) is 0 Å². The Balaban J connectivity index is 2.04. The van der Waals surface area contributed by atoms with Crippen LogP contribution in [0.4, 0.5) is 0 Å². The minimum absolute atomic E-state index is 0.285. The minimum atomic E-state index is -0.316. The molecule has 0 fully saturated rings. The van der Waals surface area contributed by atoms with E-state index in [0.717, 1.165) is 23.5 Å². The highest BCUT2D eigenvalue weighted by Crippen LogP contribution is 2.33. The van der Waals surface area contributed by atoms with Crippen LogP contribution >= 0.6 is 0 Å². The van der Waals surface area contributed by atoms with Gasteiger partial charge in [0, 0.05) is 17.2 Å². The first-order valence-electron chi connectivity index (χ1n) is 6.64. The molecule has 0 amide bonds. The summed E-state index contributed by atoms with van der Waals surface area (Å²) < 4.78 is 1.99. The van der Waals surface area contributed by atoms with Crippen molar-refractivity contribution in [2.45, 2.75) is 32.3 Å². The van der Waals surface area contributed by atoms with Crippen LogP contribution in [0.5, 0.6) is 0 Å². The van der Waals surface area contributed by atoms with Gasteiger partial charge in [-0.2, -0.15) is 5.10 Å². The number of aromatic nitrogens is 2.